The minimum Gasteiger partial charge on any atom is -0.491 e. The summed E-state index contributed by atoms with van der Waals surface area (Å²) in [4.78, 5) is 0. The quantitative estimate of drug-likeness (QED) is 0.229. The van der Waals surface area contributed by atoms with Gasteiger partial charge in [-0.25, -0.2) is 8.78 Å². The zero-order chi connectivity index (χ0) is 23.5. The summed E-state index contributed by atoms with van der Waals surface area (Å²) in [6.45, 7) is 1.71. The van der Waals surface area contributed by atoms with Crippen LogP contribution in [0.15, 0.2) is 48.6 Å². The fraction of sp³-hybridized carbons (Fsp3) is 0.517. The zero-order valence-corrected chi connectivity index (χ0v) is 19.8. The van der Waals surface area contributed by atoms with Crippen molar-refractivity contribution >= 4 is 0 Å². The number of ether oxygens (including phenoxy) is 1. The highest BCUT2D eigenvalue weighted by molar-refractivity contribution is 5.31. The third kappa shape index (κ3) is 7.65. The van der Waals surface area contributed by atoms with Gasteiger partial charge in [0.25, 0.3) is 0 Å². The predicted molar refractivity (Wildman–Crippen MR) is 130 cm³/mol. The van der Waals surface area contributed by atoms with Gasteiger partial charge in [0.2, 0.25) is 5.82 Å². The minimum absolute atomic E-state index is 0.00369. The highest BCUT2D eigenvalue weighted by Gasteiger charge is 2.23. The molecule has 3 rings (SSSR count). The summed E-state index contributed by atoms with van der Waals surface area (Å²) in [5, 5.41) is 0. The highest BCUT2D eigenvalue weighted by Crippen LogP contribution is 2.38. The fourth-order valence-electron chi connectivity index (χ4n) is 4.90. The van der Waals surface area contributed by atoms with Gasteiger partial charge >= 0.3 is 0 Å². The molecule has 0 spiro atoms. The molecule has 0 N–H and O–H groups in total. The maximum Gasteiger partial charge on any atom is 0.200 e. The van der Waals surface area contributed by atoms with Gasteiger partial charge in [-0.05, 0) is 106 Å². The van der Waals surface area contributed by atoms with E-state index in [0.717, 1.165) is 57.8 Å². The molecule has 1 nitrogen and oxygen atoms in total. The van der Waals surface area contributed by atoms with E-state index in [9.17, 15) is 13.2 Å². The average Bonchev–Trinajstić information content (AvgIpc) is 2.85. The maximum absolute atomic E-state index is 14.3. The fourth-order valence-corrected chi connectivity index (χ4v) is 4.90. The number of hydrogen-bond acceptors (Lipinski definition) is 1. The second kappa shape index (κ2) is 13.5. The van der Waals surface area contributed by atoms with E-state index in [4.69, 9.17) is 4.74 Å². The number of hydrogen-bond donors (Lipinski definition) is 0. The Morgan fingerprint density at radius 1 is 0.879 bits per heavy atom. The Morgan fingerprint density at radius 2 is 1.64 bits per heavy atom. The standard InChI is InChI=1S/C29H37F3O/c1-2-33-27-20-19-26(28(31)29(27)32)18-13-23-11-16-25(17-12-23)24-14-9-22(10-15-24)8-6-4-3-5-7-21-30/h5,7,9-10,14-15,19-20,23,25H,2-4,6,8,11-13,16-18,21H2,1H3/b7-5+. The lowest BCUT2D eigenvalue weighted by Crippen LogP contribution is -2.14. The van der Waals surface area contributed by atoms with Crippen LogP contribution in [0.25, 0.3) is 0 Å². The van der Waals surface area contributed by atoms with Gasteiger partial charge in [0.1, 0.15) is 6.67 Å². The van der Waals surface area contributed by atoms with Crippen LogP contribution < -0.4 is 4.74 Å². The van der Waals surface area contributed by atoms with Crippen molar-refractivity contribution < 1.29 is 17.9 Å². The van der Waals surface area contributed by atoms with Gasteiger partial charge < -0.3 is 4.74 Å². The summed E-state index contributed by atoms with van der Waals surface area (Å²) in [5.74, 6) is -0.459. The summed E-state index contributed by atoms with van der Waals surface area (Å²) in [5.41, 5.74) is 3.24. The molecule has 1 saturated carbocycles. The Labute approximate surface area is 197 Å². The van der Waals surface area contributed by atoms with E-state index >= 15 is 0 Å². The second-order valence-electron chi connectivity index (χ2n) is 9.15. The van der Waals surface area contributed by atoms with Crippen molar-refractivity contribution in [3.8, 4) is 5.75 Å². The van der Waals surface area contributed by atoms with Crippen LogP contribution in [0.4, 0.5) is 13.2 Å². The van der Waals surface area contributed by atoms with Crippen molar-refractivity contribution in [2.75, 3.05) is 13.3 Å². The van der Waals surface area contributed by atoms with Crippen LogP contribution in [0.1, 0.15) is 80.9 Å². The highest BCUT2D eigenvalue weighted by atomic mass is 19.2. The summed E-state index contributed by atoms with van der Waals surface area (Å²) in [6.07, 6.45) is 13.8. The predicted octanol–water partition coefficient (Wildman–Crippen LogP) is 8.51. The number of alkyl halides is 1. The molecular weight excluding hydrogens is 421 g/mol. The Hall–Kier alpha value is -2.23. The van der Waals surface area contributed by atoms with Crippen LogP contribution in [0.5, 0.6) is 5.75 Å². The van der Waals surface area contributed by atoms with Crippen molar-refractivity contribution in [2.24, 2.45) is 5.92 Å². The summed E-state index contributed by atoms with van der Waals surface area (Å²) in [7, 11) is 0. The molecule has 2 aromatic rings. The van der Waals surface area contributed by atoms with E-state index in [2.05, 4.69) is 24.3 Å². The number of allylic oxidation sites excluding steroid dienone is 2. The van der Waals surface area contributed by atoms with Gasteiger partial charge in [-0.15, -0.1) is 0 Å². The molecule has 4 heteroatoms. The molecule has 0 saturated heterocycles. The molecule has 2 aromatic carbocycles. The molecule has 0 bridgehead atoms. The van der Waals surface area contributed by atoms with Gasteiger partial charge in [0, 0.05) is 0 Å². The number of rotatable bonds is 12. The van der Waals surface area contributed by atoms with E-state index in [1.54, 1.807) is 25.1 Å². The molecule has 33 heavy (non-hydrogen) atoms. The van der Waals surface area contributed by atoms with Gasteiger partial charge in [-0.3, -0.25) is 0 Å². The monoisotopic (exact) mass is 458 g/mol. The smallest absolute Gasteiger partial charge is 0.200 e. The first-order valence-corrected chi connectivity index (χ1v) is 12.5. The number of benzene rings is 2. The largest absolute Gasteiger partial charge is 0.491 e. The molecule has 0 unspecified atom stereocenters. The van der Waals surface area contributed by atoms with Crippen molar-refractivity contribution in [3.63, 3.8) is 0 Å². The molecule has 0 atom stereocenters. The lowest BCUT2D eigenvalue weighted by molar-refractivity contribution is 0.305. The Balaban J connectivity index is 1.41. The van der Waals surface area contributed by atoms with Crippen molar-refractivity contribution in [3.05, 3.63) is 76.9 Å². The molecule has 180 valence electrons. The molecule has 1 fully saturated rings. The normalized spacial score (nSPS) is 18.7. The van der Waals surface area contributed by atoms with Gasteiger partial charge in [0.15, 0.2) is 11.6 Å². The Kier molecular flexibility index (Phi) is 10.4. The molecule has 0 aliphatic heterocycles. The third-order valence-electron chi connectivity index (χ3n) is 6.89. The van der Waals surface area contributed by atoms with Crippen molar-refractivity contribution in [2.45, 2.75) is 77.0 Å². The van der Waals surface area contributed by atoms with Gasteiger partial charge in [-0.2, -0.15) is 4.39 Å². The number of halogens is 3. The molecule has 0 amide bonds. The summed E-state index contributed by atoms with van der Waals surface area (Å²) < 4.78 is 45.6. The van der Waals surface area contributed by atoms with Gasteiger partial charge in [0.05, 0.1) is 6.61 Å². The van der Waals surface area contributed by atoms with E-state index in [1.807, 2.05) is 6.08 Å². The number of unbranched alkanes of at least 4 members (excludes halogenated alkanes) is 2. The molecule has 0 heterocycles. The van der Waals surface area contributed by atoms with Crippen molar-refractivity contribution in [1.82, 2.24) is 0 Å². The van der Waals surface area contributed by atoms with E-state index < -0.39 is 11.6 Å². The van der Waals surface area contributed by atoms with Crippen LogP contribution in [-0.2, 0) is 12.8 Å². The van der Waals surface area contributed by atoms with E-state index in [-0.39, 0.29) is 12.4 Å². The van der Waals surface area contributed by atoms with Crippen LogP contribution in [0, 0.1) is 17.6 Å². The summed E-state index contributed by atoms with van der Waals surface area (Å²) in [6, 6.07) is 12.3. The molecule has 1 aliphatic rings. The minimum atomic E-state index is -0.866. The van der Waals surface area contributed by atoms with E-state index in [1.165, 1.54) is 11.1 Å². The van der Waals surface area contributed by atoms with Crippen LogP contribution in [0.2, 0.25) is 0 Å². The first-order valence-electron chi connectivity index (χ1n) is 12.5. The van der Waals surface area contributed by atoms with Crippen molar-refractivity contribution in [1.29, 1.82) is 0 Å². The molecule has 1 aliphatic carbocycles. The Bertz CT molecular complexity index is 867. The third-order valence-corrected chi connectivity index (χ3v) is 6.89. The maximum atomic E-state index is 14.3. The zero-order valence-electron chi connectivity index (χ0n) is 19.8. The SMILES string of the molecule is CCOc1ccc(CCC2CCC(c3ccc(CCCC/C=C/CF)cc3)CC2)c(F)c1F. The van der Waals surface area contributed by atoms with Crippen LogP contribution in [-0.4, -0.2) is 13.3 Å². The first-order chi connectivity index (χ1) is 16.1. The average molecular weight is 459 g/mol. The van der Waals surface area contributed by atoms with Gasteiger partial charge in [-0.1, -0.05) is 42.5 Å². The van der Waals surface area contributed by atoms with Crippen LogP contribution in [0.3, 0.4) is 0 Å². The summed E-state index contributed by atoms with van der Waals surface area (Å²) >= 11 is 0. The number of aryl methyl sites for hydroxylation is 2. The lowest BCUT2D eigenvalue weighted by Gasteiger charge is -2.29. The Morgan fingerprint density at radius 3 is 2.33 bits per heavy atom. The molecule has 0 radical (unpaired) electrons. The van der Waals surface area contributed by atoms with E-state index in [0.29, 0.717) is 30.4 Å². The second-order valence-corrected chi connectivity index (χ2v) is 9.15. The molecule has 0 aromatic heterocycles. The first kappa shape index (κ1) is 25.4. The topological polar surface area (TPSA) is 9.23 Å². The molecular formula is C29H37F3O. The lowest BCUT2D eigenvalue weighted by atomic mass is 9.76. The van der Waals surface area contributed by atoms with Crippen LogP contribution >= 0.6 is 0 Å².